The summed E-state index contributed by atoms with van der Waals surface area (Å²) in [6.45, 7) is 2.08. The third kappa shape index (κ3) is 3.76. The Kier molecular flexibility index (Phi) is 5.23. The number of aromatic nitrogens is 2. The number of aryl methyl sites for hydroxylation is 1. The number of hydrogen-bond donors (Lipinski definition) is 2. The zero-order chi connectivity index (χ0) is 21.1. The summed E-state index contributed by atoms with van der Waals surface area (Å²) in [5.74, 6) is 0. The van der Waals surface area contributed by atoms with E-state index in [1.807, 2.05) is 44.6 Å². The van der Waals surface area contributed by atoms with E-state index in [-0.39, 0.29) is 0 Å². The number of fused-ring (bicyclic) bond motifs is 1. The van der Waals surface area contributed by atoms with Gasteiger partial charge in [-0.25, -0.2) is 0 Å². The van der Waals surface area contributed by atoms with Crippen molar-refractivity contribution in [1.82, 2.24) is 9.97 Å². The number of benzene rings is 2. The lowest BCUT2D eigenvalue weighted by Crippen LogP contribution is -2.07. The highest BCUT2D eigenvalue weighted by Gasteiger charge is 2.11. The Morgan fingerprint density at radius 2 is 1.83 bits per heavy atom. The summed E-state index contributed by atoms with van der Waals surface area (Å²) in [7, 11) is 4.04. The molecule has 0 saturated heterocycles. The SMILES string of the molecule is Cc1c(Nc2c(C#N)cncc2/C=C/c2ccc(N(C)C)cc2)ccc2[nH]ccc12. The molecule has 0 unspecified atom stereocenters. The van der Waals surface area contributed by atoms with Crippen LogP contribution >= 0.6 is 0 Å². The maximum absolute atomic E-state index is 9.63. The van der Waals surface area contributed by atoms with E-state index in [0.29, 0.717) is 5.56 Å². The molecular weight excluding hydrogens is 370 g/mol. The molecule has 0 amide bonds. The van der Waals surface area contributed by atoms with Crippen molar-refractivity contribution < 1.29 is 0 Å². The van der Waals surface area contributed by atoms with Crippen molar-refractivity contribution >= 4 is 40.1 Å². The van der Waals surface area contributed by atoms with Gasteiger partial charge in [0.15, 0.2) is 0 Å². The molecule has 5 nitrogen and oxygen atoms in total. The molecule has 4 rings (SSSR count). The minimum Gasteiger partial charge on any atom is -0.378 e. The van der Waals surface area contributed by atoms with Crippen LogP contribution in [0, 0.1) is 18.3 Å². The van der Waals surface area contributed by atoms with Crippen molar-refractivity contribution in [2.45, 2.75) is 6.92 Å². The van der Waals surface area contributed by atoms with Crippen LogP contribution in [0.15, 0.2) is 61.1 Å². The van der Waals surface area contributed by atoms with Gasteiger partial charge in [0.05, 0.1) is 11.3 Å². The van der Waals surface area contributed by atoms with Gasteiger partial charge in [-0.1, -0.05) is 24.3 Å². The van der Waals surface area contributed by atoms with Crippen LogP contribution in [0.5, 0.6) is 0 Å². The first-order valence-electron chi connectivity index (χ1n) is 9.74. The number of nitriles is 1. The summed E-state index contributed by atoms with van der Waals surface area (Å²) in [6, 6.07) is 16.7. The summed E-state index contributed by atoms with van der Waals surface area (Å²) in [4.78, 5) is 9.55. The van der Waals surface area contributed by atoms with Crippen LogP contribution in [0.25, 0.3) is 23.1 Å². The number of H-pyrrole nitrogens is 1. The molecule has 2 aromatic carbocycles. The third-order valence-corrected chi connectivity index (χ3v) is 5.22. The summed E-state index contributed by atoms with van der Waals surface area (Å²) in [5.41, 5.74) is 7.55. The molecule has 5 heteroatoms. The lowest BCUT2D eigenvalue weighted by molar-refractivity contribution is 1.13. The Balaban J connectivity index is 1.69. The molecule has 0 bridgehead atoms. The second-order valence-electron chi connectivity index (χ2n) is 7.38. The summed E-state index contributed by atoms with van der Waals surface area (Å²) in [6.07, 6.45) is 9.33. The van der Waals surface area contributed by atoms with Crippen molar-refractivity contribution in [3.8, 4) is 6.07 Å². The van der Waals surface area contributed by atoms with Crippen LogP contribution in [0.2, 0.25) is 0 Å². The number of nitrogens with one attached hydrogen (secondary N) is 2. The van der Waals surface area contributed by atoms with Crippen LogP contribution in [-0.2, 0) is 0 Å². The van der Waals surface area contributed by atoms with E-state index < -0.39 is 0 Å². The second kappa shape index (κ2) is 8.14. The van der Waals surface area contributed by atoms with Crippen LogP contribution in [0.1, 0.15) is 22.3 Å². The van der Waals surface area contributed by atoms with Crippen molar-refractivity contribution in [3.63, 3.8) is 0 Å². The first kappa shape index (κ1) is 19.3. The van der Waals surface area contributed by atoms with Gasteiger partial charge in [0, 0.05) is 60.5 Å². The van der Waals surface area contributed by atoms with Crippen molar-refractivity contribution in [2.75, 3.05) is 24.3 Å². The lowest BCUT2D eigenvalue weighted by Gasteiger charge is -2.14. The molecule has 4 aromatic rings. The van der Waals surface area contributed by atoms with Gasteiger partial charge in [-0.2, -0.15) is 5.26 Å². The maximum Gasteiger partial charge on any atom is 0.103 e. The van der Waals surface area contributed by atoms with Crippen molar-refractivity contribution in [3.05, 3.63) is 83.3 Å². The van der Waals surface area contributed by atoms with Crippen molar-refractivity contribution in [2.24, 2.45) is 0 Å². The van der Waals surface area contributed by atoms with Crippen molar-refractivity contribution in [1.29, 1.82) is 5.26 Å². The highest BCUT2D eigenvalue weighted by atomic mass is 15.1. The Hall–Kier alpha value is -4.04. The molecule has 0 atom stereocenters. The fourth-order valence-electron chi connectivity index (χ4n) is 3.45. The van der Waals surface area contributed by atoms with Gasteiger partial charge in [-0.15, -0.1) is 0 Å². The maximum atomic E-state index is 9.63. The van der Waals surface area contributed by atoms with E-state index in [4.69, 9.17) is 0 Å². The van der Waals surface area contributed by atoms with E-state index in [1.165, 1.54) is 0 Å². The Morgan fingerprint density at radius 3 is 2.57 bits per heavy atom. The van der Waals surface area contributed by atoms with Gasteiger partial charge < -0.3 is 15.2 Å². The van der Waals surface area contributed by atoms with Crippen LogP contribution in [-0.4, -0.2) is 24.1 Å². The van der Waals surface area contributed by atoms with E-state index in [0.717, 1.165) is 44.7 Å². The molecule has 2 N–H and O–H groups in total. The molecule has 0 aliphatic carbocycles. The summed E-state index contributed by atoms with van der Waals surface area (Å²) >= 11 is 0. The highest BCUT2D eigenvalue weighted by molar-refractivity contribution is 5.90. The van der Waals surface area contributed by atoms with Gasteiger partial charge in [0.25, 0.3) is 0 Å². The minimum atomic E-state index is 0.508. The Labute approximate surface area is 176 Å². The fraction of sp³-hybridized carbons (Fsp3) is 0.120. The molecule has 148 valence electrons. The van der Waals surface area contributed by atoms with E-state index in [2.05, 4.69) is 63.5 Å². The number of nitrogens with zero attached hydrogens (tertiary/aromatic N) is 3. The fourth-order valence-corrected chi connectivity index (χ4v) is 3.45. The average Bonchev–Trinajstić information content (AvgIpc) is 3.24. The zero-order valence-corrected chi connectivity index (χ0v) is 17.3. The summed E-state index contributed by atoms with van der Waals surface area (Å²) in [5, 5.41) is 14.3. The second-order valence-corrected chi connectivity index (χ2v) is 7.38. The van der Waals surface area contributed by atoms with Gasteiger partial charge >= 0.3 is 0 Å². The molecule has 2 aromatic heterocycles. The smallest absolute Gasteiger partial charge is 0.103 e. The lowest BCUT2D eigenvalue weighted by atomic mass is 10.1. The standard InChI is InChI=1S/C25H23N5/c1-17-22-12-13-28-24(22)11-10-23(17)29-25-19(15-27-16-20(25)14-26)7-4-18-5-8-21(9-6-18)30(2)3/h4-13,15-16,28H,1-3H3,(H,27,29)/b7-4+. The number of pyridine rings is 1. The monoisotopic (exact) mass is 393 g/mol. The molecule has 0 fully saturated rings. The summed E-state index contributed by atoms with van der Waals surface area (Å²) < 4.78 is 0. The van der Waals surface area contributed by atoms with E-state index in [9.17, 15) is 5.26 Å². The number of aromatic amines is 1. The van der Waals surface area contributed by atoms with Crippen LogP contribution < -0.4 is 10.2 Å². The van der Waals surface area contributed by atoms with E-state index >= 15 is 0 Å². The molecular formula is C25H23N5. The number of anilines is 3. The van der Waals surface area contributed by atoms with E-state index in [1.54, 1.807) is 12.4 Å². The number of hydrogen-bond acceptors (Lipinski definition) is 4. The predicted molar refractivity (Wildman–Crippen MR) is 125 cm³/mol. The van der Waals surface area contributed by atoms with Gasteiger partial charge in [-0.3, -0.25) is 4.98 Å². The zero-order valence-electron chi connectivity index (χ0n) is 17.3. The van der Waals surface area contributed by atoms with Gasteiger partial charge in [-0.05, 0) is 48.4 Å². The Bertz CT molecular complexity index is 1260. The van der Waals surface area contributed by atoms with Gasteiger partial charge in [0.2, 0.25) is 0 Å². The van der Waals surface area contributed by atoms with Crippen LogP contribution in [0.3, 0.4) is 0 Å². The molecule has 2 heterocycles. The normalized spacial score (nSPS) is 11.0. The third-order valence-electron chi connectivity index (χ3n) is 5.22. The average molecular weight is 393 g/mol. The topological polar surface area (TPSA) is 67.7 Å². The molecule has 0 aliphatic rings. The highest BCUT2D eigenvalue weighted by Crippen LogP contribution is 2.31. The van der Waals surface area contributed by atoms with Crippen LogP contribution in [0.4, 0.5) is 17.1 Å². The quantitative estimate of drug-likeness (QED) is 0.455. The van der Waals surface area contributed by atoms with Gasteiger partial charge in [0.1, 0.15) is 6.07 Å². The largest absolute Gasteiger partial charge is 0.378 e. The Morgan fingerprint density at radius 1 is 1.03 bits per heavy atom. The first-order chi connectivity index (χ1) is 14.6. The first-order valence-corrected chi connectivity index (χ1v) is 9.74. The molecule has 0 aliphatic heterocycles. The molecule has 0 spiro atoms. The molecule has 0 radical (unpaired) electrons. The predicted octanol–water partition coefficient (Wildman–Crippen LogP) is 5.72. The number of rotatable bonds is 5. The molecule has 0 saturated carbocycles. The molecule has 30 heavy (non-hydrogen) atoms. The minimum absolute atomic E-state index is 0.508.